The highest BCUT2D eigenvalue weighted by molar-refractivity contribution is 9.10. The van der Waals surface area contributed by atoms with E-state index in [-0.39, 0.29) is 12.2 Å². The first-order valence-electron chi connectivity index (χ1n) is 6.78. The fourth-order valence-electron chi connectivity index (χ4n) is 2.00. The third-order valence-corrected chi connectivity index (χ3v) is 3.62. The standard InChI is InChI=1S/C16H12BrN3O3/c17-11-5-7-12(8-6-11)23-9-15(21)19-20-10-18-14-4-2-1-3-13(14)16(20)22/h1-8,10H,9H2,(H,19,21). The van der Waals surface area contributed by atoms with Crippen LogP contribution in [-0.2, 0) is 4.79 Å². The number of para-hydroxylation sites is 1. The van der Waals surface area contributed by atoms with Crippen molar-refractivity contribution in [1.29, 1.82) is 0 Å². The van der Waals surface area contributed by atoms with Crippen LogP contribution in [0, 0.1) is 0 Å². The Morgan fingerprint density at radius 2 is 1.91 bits per heavy atom. The number of ether oxygens (including phenoxy) is 1. The summed E-state index contributed by atoms with van der Waals surface area (Å²) in [5, 5.41) is 0.434. The number of halogens is 1. The SMILES string of the molecule is O=C(COc1ccc(Br)cc1)Nn1cnc2ccccc2c1=O. The van der Waals surface area contributed by atoms with Crippen molar-refractivity contribution >= 4 is 32.7 Å². The summed E-state index contributed by atoms with van der Waals surface area (Å²) in [6, 6.07) is 14.0. The van der Waals surface area contributed by atoms with Crippen molar-refractivity contribution in [3.8, 4) is 5.75 Å². The van der Waals surface area contributed by atoms with Crippen LogP contribution in [0.1, 0.15) is 0 Å². The summed E-state index contributed by atoms with van der Waals surface area (Å²) in [4.78, 5) is 28.3. The zero-order valence-corrected chi connectivity index (χ0v) is 13.5. The van der Waals surface area contributed by atoms with Crippen molar-refractivity contribution in [1.82, 2.24) is 9.66 Å². The lowest BCUT2D eigenvalue weighted by Crippen LogP contribution is -2.35. The van der Waals surface area contributed by atoms with Gasteiger partial charge in [-0.3, -0.25) is 15.0 Å². The second kappa shape index (κ2) is 6.62. The lowest BCUT2D eigenvalue weighted by atomic mass is 10.2. The van der Waals surface area contributed by atoms with Crippen molar-refractivity contribution in [2.24, 2.45) is 0 Å². The van der Waals surface area contributed by atoms with Crippen LogP contribution in [0.15, 0.2) is 64.1 Å². The average molecular weight is 374 g/mol. The van der Waals surface area contributed by atoms with Gasteiger partial charge < -0.3 is 4.74 Å². The molecule has 0 aliphatic heterocycles. The van der Waals surface area contributed by atoms with Gasteiger partial charge in [0.15, 0.2) is 6.61 Å². The molecule has 0 saturated heterocycles. The number of nitrogens with zero attached hydrogens (tertiary/aromatic N) is 2. The Labute approximate surface area is 139 Å². The highest BCUT2D eigenvalue weighted by Gasteiger charge is 2.07. The predicted octanol–water partition coefficient (Wildman–Crippen LogP) is 2.31. The van der Waals surface area contributed by atoms with E-state index in [0.717, 1.165) is 9.15 Å². The Morgan fingerprint density at radius 3 is 2.70 bits per heavy atom. The number of carbonyl (C=O) groups is 1. The minimum atomic E-state index is -0.452. The number of carbonyl (C=O) groups excluding carboxylic acids is 1. The minimum Gasteiger partial charge on any atom is -0.484 e. The molecule has 0 fully saturated rings. The lowest BCUT2D eigenvalue weighted by Gasteiger charge is -2.09. The maximum absolute atomic E-state index is 12.2. The van der Waals surface area contributed by atoms with Crippen molar-refractivity contribution in [2.45, 2.75) is 0 Å². The molecule has 0 bridgehead atoms. The smallest absolute Gasteiger partial charge is 0.280 e. The zero-order valence-electron chi connectivity index (χ0n) is 11.9. The number of hydrogen-bond acceptors (Lipinski definition) is 4. The van der Waals surface area contributed by atoms with Gasteiger partial charge in [-0.05, 0) is 36.4 Å². The van der Waals surface area contributed by atoms with Gasteiger partial charge in [-0.25, -0.2) is 9.66 Å². The first kappa shape index (κ1) is 15.2. The van der Waals surface area contributed by atoms with E-state index in [9.17, 15) is 9.59 Å². The van der Waals surface area contributed by atoms with Gasteiger partial charge >= 0.3 is 0 Å². The summed E-state index contributed by atoms with van der Waals surface area (Å²) >= 11 is 3.32. The van der Waals surface area contributed by atoms with Crippen LogP contribution in [0.3, 0.4) is 0 Å². The molecule has 2 aromatic carbocycles. The number of benzene rings is 2. The molecule has 0 atom stereocenters. The van der Waals surface area contributed by atoms with Crippen LogP contribution in [0.5, 0.6) is 5.75 Å². The minimum absolute atomic E-state index is 0.207. The fraction of sp³-hybridized carbons (Fsp3) is 0.0625. The summed E-state index contributed by atoms with van der Waals surface area (Å²) in [5.41, 5.74) is 2.69. The number of amides is 1. The van der Waals surface area contributed by atoms with Gasteiger partial charge in [0.25, 0.3) is 11.5 Å². The van der Waals surface area contributed by atoms with E-state index >= 15 is 0 Å². The van der Waals surface area contributed by atoms with Crippen molar-refractivity contribution in [2.75, 3.05) is 12.0 Å². The molecule has 3 rings (SSSR count). The molecular weight excluding hydrogens is 362 g/mol. The van der Waals surface area contributed by atoms with Gasteiger partial charge in [-0.2, -0.15) is 0 Å². The highest BCUT2D eigenvalue weighted by Crippen LogP contribution is 2.15. The molecule has 0 radical (unpaired) electrons. The molecule has 23 heavy (non-hydrogen) atoms. The molecule has 6 nitrogen and oxygen atoms in total. The van der Waals surface area contributed by atoms with Gasteiger partial charge in [-0.1, -0.05) is 28.1 Å². The summed E-state index contributed by atoms with van der Waals surface area (Å²) in [6.45, 7) is -0.207. The molecule has 1 amide bonds. The van der Waals surface area contributed by atoms with E-state index in [2.05, 4.69) is 26.3 Å². The average Bonchev–Trinajstić information content (AvgIpc) is 2.57. The number of fused-ring (bicyclic) bond motifs is 1. The Balaban J connectivity index is 1.69. The molecule has 1 N–H and O–H groups in total. The summed E-state index contributed by atoms with van der Waals surface area (Å²) in [5.74, 6) is 0.111. The number of rotatable bonds is 4. The first-order valence-corrected chi connectivity index (χ1v) is 7.57. The van der Waals surface area contributed by atoms with Gasteiger partial charge in [0, 0.05) is 4.47 Å². The molecular formula is C16H12BrN3O3. The molecule has 0 unspecified atom stereocenters. The van der Waals surface area contributed by atoms with E-state index in [1.807, 2.05) is 12.1 Å². The van der Waals surface area contributed by atoms with Crippen LogP contribution < -0.4 is 15.7 Å². The Kier molecular flexibility index (Phi) is 4.38. The second-order valence-corrected chi connectivity index (χ2v) is 5.63. The van der Waals surface area contributed by atoms with Crippen molar-refractivity contribution in [3.63, 3.8) is 0 Å². The van der Waals surface area contributed by atoms with E-state index in [1.165, 1.54) is 6.33 Å². The summed E-state index contributed by atoms with van der Waals surface area (Å²) in [7, 11) is 0. The Hall–Kier alpha value is -2.67. The molecule has 0 aliphatic carbocycles. The summed E-state index contributed by atoms with van der Waals surface area (Å²) in [6.07, 6.45) is 1.28. The van der Waals surface area contributed by atoms with Crippen molar-refractivity contribution < 1.29 is 9.53 Å². The van der Waals surface area contributed by atoms with E-state index in [0.29, 0.717) is 16.7 Å². The normalized spacial score (nSPS) is 10.5. The molecule has 0 aliphatic rings. The molecule has 1 heterocycles. The quantitative estimate of drug-likeness (QED) is 0.761. The Bertz CT molecular complexity index is 906. The van der Waals surface area contributed by atoms with Crippen molar-refractivity contribution in [3.05, 3.63) is 69.7 Å². The van der Waals surface area contributed by atoms with E-state index in [1.54, 1.807) is 36.4 Å². The number of hydrogen-bond donors (Lipinski definition) is 1. The maximum atomic E-state index is 12.2. The largest absolute Gasteiger partial charge is 0.484 e. The molecule has 0 saturated carbocycles. The second-order valence-electron chi connectivity index (χ2n) is 4.71. The lowest BCUT2D eigenvalue weighted by molar-refractivity contribution is -0.119. The molecule has 116 valence electrons. The van der Waals surface area contributed by atoms with Crippen LogP contribution in [0.25, 0.3) is 10.9 Å². The van der Waals surface area contributed by atoms with Gasteiger partial charge in [0.2, 0.25) is 0 Å². The van der Waals surface area contributed by atoms with Crippen LogP contribution in [0.4, 0.5) is 0 Å². The first-order chi connectivity index (χ1) is 11.1. The molecule has 1 aromatic heterocycles. The predicted molar refractivity (Wildman–Crippen MR) is 90.0 cm³/mol. The Morgan fingerprint density at radius 1 is 1.17 bits per heavy atom. The summed E-state index contributed by atoms with van der Waals surface area (Å²) < 4.78 is 7.32. The third kappa shape index (κ3) is 3.57. The van der Waals surface area contributed by atoms with Gasteiger partial charge in [0.05, 0.1) is 10.9 Å². The molecule has 7 heteroatoms. The van der Waals surface area contributed by atoms with Crippen LogP contribution in [-0.4, -0.2) is 22.2 Å². The van der Waals surface area contributed by atoms with Crippen LogP contribution >= 0.6 is 15.9 Å². The fourth-order valence-corrected chi connectivity index (χ4v) is 2.26. The molecule has 3 aromatic rings. The highest BCUT2D eigenvalue weighted by atomic mass is 79.9. The molecule has 0 spiro atoms. The number of aromatic nitrogens is 2. The third-order valence-electron chi connectivity index (χ3n) is 3.09. The zero-order chi connectivity index (χ0) is 16.2. The van der Waals surface area contributed by atoms with Gasteiger partial charge in [-0.15, -0.1) is 0 Å². The van der Waals surface area contributed by atoms with Crippen LogP contribution in [0.2, 0.25) is 0 Å². The number of nitrogens with one attached hydrogen (secondary N) is 1. The topological polar surface area (TPSA) is 73.2 Å². The maximum Gasteiger partial charge on any atom is 0.280 e. The van der Waals surface area contributed by atoms with E-state index in [4.69, 9.17) is 4.74 Å². The van der Waals surface area contributed by atoms with E-state index < -0.39 is 5.91 Å². The van der Waals surface area contributed by atoms with Gasteiger partial charge in [0.1, 0.15) is 12.1 Å². The monoisotopic (exact) mass is 373 g/mol.